The smallest absolute Gasteiger partial charge is 0.326 e. The summed E-state index contributed by atoms with van der Waals surface area (Å²) in [5.74, 6) is -10.4. The summed E-state index contributed by atoms with van der Waals surface area (Å²) in [5.41, 5.74) is 21.7. The SMILES string of the molecule is NCCCC[C@H](NC(=O)[C@H](CC(=O)O)NC(=O)[C@H](CCCN=C(N)N)NC(=O)[C@@H](N)CCC(=O)O)C(=O)N[C@@H](CC(=O)O)C(=O)O. The van der Waals surface area contributed by atoms with Crippen LogP contribution in [0.4, 0.5) is 0 Å². The Balaban J connectivity index is 6.02. The Morgan fingerprint density at radius 2 is 1.04 bits per heavy atom. The van der Waals surface area contributed by atoms with Crippen LogP contribution < -0.4 is 44.2 Å². The Bertz CT molecular complexity index is 1130. The summed E-state index contributed by atoms with van der Waals surface area (Å²) in [4.78, 5) is 100. The van der Waals surface area contributed by atoms with Crippen molar-refractivity contribution >= 4 is 53.5 Å². The van der Waals surface area contributed by atoms with E-state index in [-0.39, 0.29) is 51.2 Å². The van der Waals surface area contributed by atoms with Crippen LogP contribution in [-0.2, 0) is 38.4 Å². The molecule has 260 valence electrons. The van der Waals surface area contributed by atoms with Crippen LogP contribution in [0.3, 0.4) is 0 Å². The molecule has 0 bridgehead atoms. The molecule has 0 aliphatic heterocycles. The van der Waals surface area contributed by atoms with Crippen molar-refractivity contribution in [2.75, 3.05) is 13.1 Å². The summed E-state index contributed by atoms with van der Waals surface area (Å²) in [5, 5.41) is 45.2. The number of hydrogen-bond acceptors (Lipinski definition) is 11. The van der Waals surface area contributed by atoms with Crippen LogP contribution in [0.25, 0.3) is 0 Å². The van der Waals surface area contributed by atoms with Crippen LogP contribution in [-0.4, -0.2) is 117 Å². The van der Waals surface area contributed by atoms with Crippen molar-refractivity contribution in [3.05, 3.63) is 0 Å². The number of nitrogens with one attached hydrogen (secondary N) is 4. The monoisotopic (exact) mass is 661 g/mol. The zero-order valence-electron chi connectivity index (χ0n) is 25.0. The molecule has 0 heterocycles. The predicted octanol–water partition coefficient (Wildman–Crippen LogP) is -4.67. The van der Waals surface area contributed by atoms with Gasteiger partial charge in [-0.2, -0.15) is 0 Å². The lowest BCUT2D eigenvalue weighted by molar-refractivity contribution is -0.147. The Morgan fingerprint density at radius 3 is 1.52 bits per heavy atom. The summed E-state index contributed by atoms with van der Waals surface area (Å²) in [7, 11) is 0. The number of carboxylic acids is 4. The van der Waals surface area contributed by atoms with E-state index in [0.717, 1.165) is 0 Å². The molecule has 46 heavy (non-hydrogen) atoms. The van der Waals surface area contributed by atoms with Crippen LogP contribution in [0.1, 0.15) is 57.8 Å². The molecule has 21 heteroatoms. The first-order valence-corrected chi connectivity index (χ1v) is 14.1. The number of guanidine groups is 1. The molecule has 0 aromatic rings. The Morgan fingerprint density at radius 1 is 0.587 bits per heavy atom. The molecular formula is C25H43N9O12. The number of amides is 4. The third-order valence-electron chi connectivity index (χ3n) is 6.17. The highest BCUT2D eigenvalue weighted by molar-refractivity contribution is 5.97. The Labute approximate surface area is 262 Å². The number of carboxylic acid groups (broad SMARTS) is 4. The van der Waals surface area contributed by atoms with Crippen molar-refractivity contribution in [3.63, 3.8) is 0 Å². The van der Waals surface area contributed by atoms with E-state index in [4.69, 9.17) is 33.1 Å². The number of unbranched alkanes of at least 4 members (excludes halogenated alkanes) is 1. The van der Waals surface area contributed by atoms with Gasteiger partial charge in [-0.1, -0.05) is 0 Å². The lowest BCUT2D eigenvalue weighted by Crippen LogP contribution is -2.59. The summed E-state index contributed by atoms with van der Waals surface area (Å²) in [6.45, 7) is 0.220. The minimum absolute atomic E-state index is 0.0187. The van der Waals surface area contributed by atoms with E-state index in [1.54, 1.807) is 0 Å². The number of aliphatic imine (C=N–C) groups is 1. The molecule has 0 aliphatic carbocycles. The number of rotatable bonds is 24. The first-order valence-electron chi connectivity index (χ1n) is 14.1. The van der Waals surface area contributed by atoms with E-state index in [2.05, 4.69) is 20.9 Å². The van der Waals surface area contributed by atoms with Crippen LogP contribution in [0.15, 0.2) is 4.99 Å². The normalized spacial score (nSPS) is 13.9. The van der Waals surface area contributed by atoms with Gasteiger partial charge in [0.05, 0.1) is 18.9 Å². The van der Waals surface area contributed by atoms with Crippen molar-refractivity contribution in [1.82, 2.24) is 21.3 Å². The van der Waals surface area contributed by atoms with Crippen LogP contribution in [0, 0.1) is 0 Å². The second-order valence-corrected chi connectivity index (χ2v) is 10.1. The number of hydrogen-bond donors (Lipinski definition) is 12. The van der Waals surface area contributed by atoms with Gasteiger partial charge in [0.2, 0.25) is 23.6 Å². The van der Waals surface area contributed by atoms with Gasteiger partial charge in [0.25, 0.3) is 0 Å². The summed E-state index contributed by atoms with van der Waals surface area (Å²) in [6, 6.07) is -7.89. The van der Waals surface area contributed by atoms with E-state index >= 15 is 0 Å². The molecule has 0 saturated heterocycles. The van der Waals surface area contributed by atoms with E-state index in [1.807, 2.05) is 5.32 Å². The Hall–Kier alpha value is -5.05. The lowest BCUT2D eigenvalue weighted by atomic mass is 10.0. The van der Waals surface area contributed by atoms with E-state index in [0.29, 0.717) is 6.42 Å². The molecule has 0 radical (unpaired) electrons. The van der Waals surface area contributed by atoms with Crippen molar-refractivity contribution < 1.29 is 58.8 Å². The maximum absolute atomic E-state index is 13.2. The quantitative estimate of drug-likeness (QED) is 0.0263. The van der Waals surface area contributed by atoms with Gasteiger partial charge in [-0.3, -0.25) is 38.6 Å². The molecule has 0 unspecified atom stereocenters. The molecule has 0 aromatic heterocycles. The zero-order valence-corrected chi connectivity index (χ0v) is 25.0. The predicted molar refractivity (Wildman–Crippen MR) is 158 cm³/mol. The molecule has 4 amide bonds. The van der Waals surface area contributed by atoms with Crippen molar-refractivity contribution in [2.24, 2.45) is 27.9 Å². The first kappa shape index (κ1) is 40.9. The Kier molecular flexibility index (Phi) is 19.2. The minimum Gasteiger partial charge on any atom is -0.481 e. The van der Waals surface area contributed by atoms with Gasteiger partial charge in [0, 0.05) is 13.0 Å². The highest BCUT2D eigenvalue weighted by Crippen LogP contribution is 2.07. The largest absolute Gasteiger partial charge is 0.481 e. The maximum Gasteiger partial charge on any atom is 0.326 e. The molecule has 21 nitrogen and oxygen atoms in total. The van der Waals surface area contributed by atoms with E-state index < -0.39 is 97.0 Å². The molecule has 0 rings (SSSR count). The van der Waals surface area contributed by atoms with Crippen LogP contribution in [0.2, 0.25) is 0 Å². The van der Waals surface area contributed by atoms with Gasteiger partial charge in [-0.15, -0.1) is 0 Å². The fourth-order valence-corrected chi connectivity index (χ4v) is 3.80. The highest BCUT2D eigenvalue weighted by Gasteiger charge is 2.33. The molecule has 0 spiro atoms. The minimum atomic E-state index is -1.85. The number of nitrogens with zero attached hydrogens (tertiary/aromatic N) is 1. The standard InChI is InChI=1S/C25H43N9O12/c26-8-2-1-4-13(22(43)34-16(24(45)46)11-19(39)40)32-23(44)15(10-18(37)38)33-21(42)14(5-3-9-30-25(28)29)31-20(41)12(27)6-7-17(35)36/h12-16H,1-11,26-27H2,(H,31,41)(H,32,44)(H,33,42)(H,34,43)(H,35,36)(H,37,38)(H,39,40)(H,45,46)(H4,28,29,30)/t12-,13-,14-,15-,16-/m0/s1. The second-order valence-electron chi connectivity index (χ2n) is 10.1. The summed E-state index contributed by atoms with van der Waals surface area (Å²) < 4.78 is 0. The molecule has 0 aromatic carbocycles. The average molecular weight is 662 g/mol. The number of nitrogens with two attached hydrogens (primary N) is 4. The third kappa shape index (κ3) is 17.9. The van der Waals surface area contributed by atoms with Gasteiger partial charge in [-0.05, 0) is 45.1 Å². The molecule has 0 fully saturated rings. The van der Waals surface area contributed by atoms with Crippen LogP contribution >= 0.6 is 0 Å². The number of carbonyl (C=O) groups is 8. The van der Waals surface area contributed by atoms with Crippen molar-refractivity contribution in [2.45, 2.75) is 88.0 Å². The zero-order chi connectivity index (χ0) is 35.4. The fourth-order valence-electron chi connectivity index (χ4n) is 3.80. The molecular weight excluding hydrogens is 618 g/mol. The topological polar surface area (TPSA) is 382 Å². The van der Waals surface area contributed by atoms with Crippen molar-refractivity contribution in [3.8, 4) is 0 Å². The maximum atomic E-state index is 13.2. The molecule has 16 N–H and O–H groups in total. The molecule has 0 aliphatic rings. The summed E-state index contributed by atoms with van der Waals surface area (Å²) in [6.07, 6.45) is -2.19. The second kappa shape index (κ2) is 21.6. The number of carbonyl (C=O) groups excluding carboxylic acids is 4. The van der Waals surface area contributed by atoms with E-state index in [9.17, 15) is 48.6 Å². The third-order valence-corrected chi connectivity index (χ3v) is 6.17. The van der Waals surface area contributed by atoms with Gasteiger partial charge in [0.15, 0.2) is 5.96 Å². The van der Waals surface area contributed by atoms with Crippen molar-refractivity contribution in [1.29, 1.82) is 0 Å². The van der Waals surface area contributed by atoms with Gasteiger partial charge in [-0.25, -0.2) is 4.79 Å². The fraction of sp³-hybridized carbons (Fsp3) is 0.640. The first-order chi connectivity index (χ1) is 21.5. The lowest BCUT2D eigenvalue weighted by Gasteiger charge is -2.26. The molecule has 0 saturated carbocycles. The van der Waals surface area contributed by atoms with Gasteiger partial charge >= 0.3 is 23.9 Å². The van der Waals surface area contributed by atoms with Gasteiger partial charge in [0.1, 0.15) is 24.2 Å². The number of aliphatic carboxylic acids is 4. The molecule has 5 atom stereocenters. The van der Waals surface area contributed by atoms with Gasteiger partial charge < -0.3 is 64.6 Å². The highest BCUT2D eigenvalue weighted by atomic mass is 16.4. The summed E-state index contributed by atoms with van der Waals surface area (Å²) >= 11 is 0. The van der Waals surface area contributed by atoms with E-state index in [1.165, 1.54) is 0 Å². The average Bonchev–Trinajstić information content (AvgIpc) is 2.95. The van der Waals surface area contributed by atoms with Crippen LogP contribution in [0.5, 0.6) is 0 Å².